The van der Waals surface area contributed by atoms with Crippen molar-refractivity contribution in [2.45, 2.75) is 13.2 Å². The lowest BCUT2D eigenvalue weighted by Crippen LogP contribution is -2.23. The van der Waals surface area contributed by atoms with E-state index in [1.165, 1.54) is 11.3 Å². The number of hydrogen-bond donors (Lipinski definition) is 2. The molecule has 0 bridgehead atoms. The van der Waals surface area contributed by atoms with Gasteiger partial charge < -0.3 is 10.1 Å². The number of carbonyl (C=O) groups excluding carboxylic acids is 1. The second-order valence-electron chi connectivity index (χ2n) is 4.39. The molecule has 1 aromatic carbocycles. The van der Waals surface area contributed by atoms with Gasteiger partial charge in [0, 0.05) is 6.20 Å². The lowest BCUT2D eigenvalue weighted by molar-refractivity contribution is 0.139. The van der Waals surface area contributed by atoms with Crippen LogP contribution in [0.25, 0.3) is 10.7 Å². The van der Waals surface area contributed by atoms with Crippen LogP contribution in [0.5, 0.6) is 0 Å². The average molecular weight is 315 g/mol. The van der Waals surface area contributed by atoms with Crippen LogP contribution in [0.2, 0.25) is 0 Å². The molecule has 0 unspecified atom stereocenters. The Morgan fingerprint density at radius 1 is 1.23 bits per heavy atom. The Morgan fingerprint density at radius 2 is 2.09 bits per heavy atom. The number of carbonyl (C=O) groups is 1. The maximum absolute atomic E-state index is 11.6. The Kier molecular flexibility index (Phi) is 4.40. The van der Waals surface area contributed by atoms with E-state index in [9.17, 15) is 4.79 Å². The molecule has 0 atom stereocenters. The highest BCUT2D eigenvalue weighted by Crippen LogP contribution is 2.20. The van der Waals surface area contributed by atoms with E-state index >= 15 is 0 Å². The van der Waals surface area contributed by atoms with E-state index in [1.807, 2.05) is 36.4 Å². The van der Waals surface area contributed by atoms with Crippen molar-refractivity contribution in [1.29, 1.82) is 0 Å². The maximum Gasteiger partial charge on any atom is 0.407 e. The molecule has 0 spiro atoms. The van der Waals surface area contributed by atoms with Crippen LogP contribution >= 0.6 is 11.3 Å². The summed E-state index contributed by atoms with van der Waals surface area (Å²) in [6.45, 7) is 0.515. The molecular formula is C14H13N5O2S. The first kappa shape index (κ1) is 14.2. The number of rotatable bonds is 5. The Labute approximate surface area is 130 Å². The van der Waals surface area contributed by atoms with Crippen LogP contribution in [-0.2, 0) is 17.9 Å². The van der Waals surface area contributed by atoms with Crippen LogP contribution in [0.4, 0.5) is 4.79 Å². The molecule has 0 saturated heterocycles. The summed E-state index contributed by atoms with van der Waals surface area (Å²) in [5.41, 5.74) is 1.74. The van der Waals surface area contributed by atoms with Gasteiger partial charge in [-0.15, -0.1) is 10.2 Å². The number of nitrogens with one attached hydrogen (secondary N) is 2. The molecule has 7 nitrogen and oxygen atoms in total. The third-order valence-electron chi connectivity index (χ3n) is 2.79. The average Bonchev–Trinajstić information content (AvgIpc) is 3.22. The van der Waals surface area contributed by atoms with Crippen LogP contribution in [0.1, 0.15) is 10.6 Å². The minimum absolute atomic E-state index is 0.238. The zero-order valence-electron chi connectivity index (χ0n) is 11.5. The number of ether oxygens (including phenoxy) is 1. The summed E-state index contributed by atoms with van der Waals surface area (Å²) < 4.78 is 5.12. The minimum atomic E-state index is -0.484. The van der Waals surface area contributed by atoms with Gasteiger partial charge in [0.05, 0.1) is 12.2 Å². The molecule has 0 aliphatic rings. The Balaban J connectivity index is 1.47. The predicted molar refractivity (Wildman–Crippen MR) is 81.0 cm³/mol. The van der Waals surface area contributed by atoms with Crippen molar-refractivity contribution >= 4 is 17.4 Å². The monoisotopic (exact) mass is 315 g/mol. The summed E-state index contributed by atoms with van der Waals surface area (Å²) in [4.78, 5) is 11.6. The van der Waals surface area contributed by atoms with Gasteiger partial charge in [-0.3, -0.25) is 5.10 Å². The Morgan fingerprint density at radius 3 is 2.86 bits per heavy atom. The van der Waals surface area contributed by atoms with Crippen LogP contribution < -0.4 is 5.32 Å². The lowest BCUT2D eigenvalue weighted by Gasteiger charge is -2.05. The summed E-state index contributed by atoms with van der Waals surface area (Å²) in [5, 5.41) is 18.8. The third-order valence-corrected chi connectivity index (χ3v) is 3.75. The van der Waals surface area contributed by atoms with Gasteiger partial charge in [0.1, 0.15) is 11.6 Å². The highest BCUT2D eigenvalue weighted by molar-refractivity contribution is 7.14. The van der Waals surface area contributed by atoms with Crippen molar-refractivity contribution < 1.29 is 9.53 Å². The van der Waals surface area contributed by atoms with Gasteiger partial charge in [0.15, 0.2) is 5.01 Å². The normalized spacial score (nSPS) is 10.4. The van der Waals surface area contributed by atoms with Crippen molar-refractivity contribution in [3.8, 4) is 10.7 Å². The topological polar surface area (TPSA) is 92.8 Å². The van der Waals surface area contributed by atoms with Gasteiger partial charge in [-0.05, 0) is 11.6 Å². The molecular weight excluding hydrogens is 302 g/mol. The number of amides is 1. The molecule has 2 aromatic heterocycles. The molecule has 0 aliphatic carbocycles. The zero-order chi connectivity index (χ0) is 15.2. The quantitative estimate of drug-likeness (QED) is 0.754. The number of alkyl carbamates (subject to hydrolysis) is 1. The van der Waals surface area contributed by atoms with Crippen molar-refractivity contribution in [3.05, 3.63) is 53.2 Å². The minimum Gasteiger partial charge on any atom is -0.445 e. The Hall–Kier alpha value is -2.74. The van der Waals surface area contributed by atoms with Gasteiger partial charge in [0.25, 0.3) is 0 Å². The smallest absolute Gasteiger partial charge is 0.407 e. The summed E-state index contributed by atoms with van der Waals surface area (Å²) in [7, 11) is 0. The fourth-order valence-electron chi connectivity index (χ4n) is 1.73. The first-order chi connectivity index (χ1) is 10.8. The highest BCUT2D eigenvalue weighted by atomic mass is 32.1. The standard InChI is InChI=1S/C14H13N5O2S/c20-14(21-9-10-4-2-1-3-5-10)15-8-12-18-19-13(22-12)11-6-7-16-17-11/h1-7H,8-9H2,(H,15,20)(H,16,17). The van der Waals surface area contributed by atoms with E-state index in [0.29, 0.717) is 5.01 Å². The number of benzene rings is 1. The number of aromatic amines is 1. The molecule has 0 radical (unpaired) electrons. The third kappa shape index (κ3) is 3.67. The van der Waals surface area contributed by atoms with Gasteiger partial charge in [-0.25, -0.2) is 4.79 Å². The van der Waals surface area contributed by atoms with Crippen LogP contribution in [0.15, 0.2) is 42.6 Å². The van der Waals surface area contributed by atoms with Gasteiger partial charge in [0.2, 0.25) is 0 Å². The fourth-order valence-corrected chi connectivity index (χ4v) is 2.49. The van der Waals surface area contributed by atoms with Crippen LogP contribution in [-0.4, -0.2) is 26.5 Å². The van der Waals surface area contributed by atoms with E-state index in [2.05, 4.69) is 25.7 Å². The predicted octanol–water partition coefficient (Wildman–Crippen LogP) is 2.35. The molecule has 0 saturated carbocycles. The molecule has 2 heterocycles. The van der Waals surface area contributed by atoms with Crippen molar-refractivity contribution in [2.24, 2.45) is 0 Å². The van der Waals surface area contributed by atoms with Gasteiger partial charge >= 0.3 is 6.09 Å². The van der Waals surface area contributed by atoms with E-state index in [4.69, 9.17) is 4.74 Å². The van der Waals surface area contributed by atoms with E-state index in [1.54, 1.807) is 6.20 Å². The molecule has 0 fully saturated rings. The lowest BCUT2D eigenvalue weighted by atomic mass is 10.2. The largest absolute Gasteiger partial charge is 0.445 e. The summed E-state index contributed by atoms with van der Waals surface area (Å²) in [6, 6.07) is 11.3. The van der Waals surface area contributed by atoms with Crippen LogP contribution in [0, 0.1) is 0 Å². The number of hydrogen-bond acceptors (Lipinski definition) is 6. The number of nitrogens with zero attached hydrogens (tertiary/aromatic N) is 3. The summed E-state index contributed by atoms with van der Waals surface area (Å²) in [6.07, 6.45) is 1.16. The number of H-pyrrole nitrogens is 1. The van der Waals surface area contributed by atoms with Gasteiger partial charge in [-0.2, -0.15) is 5.10 Å². The van der Waals surface area contributed by atoms with E-state index < -0.39 is 6.09 Å². The highest BCUT2D eigenvalue weighted by Gasteiger charge is 2.09. The van der Waals surface area contributed by atoms with E-state index in [-0.39, 0.29) is 13.2 Å². The second kappa shape index (κ2) is 6.81. The van der Waals surface area contributed by atoms with E-state index in [0.717, 1.165) is 16.3 Å². The van der Waals surface area contributed by atoms with Gasteiger partial charge in [-0.1, -0.05) is 41.7 Å². The number of aromatic nitrogens is 4. The molecule has 3 aromatic rings. The molecule has 8 heteroatoms. The molecule has 2 N–H and O–H groups in total. The first-order valence-electron chi connectivity index (χ1n) is 6.58. The molecule has 22 heavy (non-hydrogen) atoms. The van der Waals surface area contributed by atoms with Crippen molar-refractivity contribution in [1.82, 2.24) is 25.7 Å². The first-order valence-corrected chi connectivity index (χ1v) is 7.39. The Bertz CT molecular complexity index is 727. The van der Waals surface area contributed by atoms with Crippen molar-refractivity contribution in [3.63, 3.8) is 0 Å². The van der Waals surface area contributed by atoms with Crippen molar-refractivity contribution in [2.75, 3.05) is 0 Å². The summed E-state index contributed by atoms with van der Waals surface area (Å²) in [5.74, 6) is 0. The molecule has 1 amide bonds. The molecule has 3 rings (SSSR count). The zero-order valence-corrected chi connectivity index (χ0v) is 12.3. The maximum atomic E-state index is 11.6. The second-order valence-corrected chi connectivity index (χ2v) is 5.45. The summed E-state index contributed by atoms with van der Waals surface area (Å²) >= 11 is 1.38. The molecule has 112 valence electrons. The van der Waals surface area contributed by atoms with Crippen LogP contribution in [0.3, 0.4) is 0 Å². The SMILES string of the molecule is O=C(NCc1nnc(-c2ccn[nH]2)s1)OCc1ccccc1. The molecule has 0 aliphatic heterocycles. The fraction of sp³-hybridized carbons (Fsp3) is 0.143.